The summed E-state index contributed by atoms with van der Waals surface area (Å²) in [5.41, 5.74) is 1.55. The maximum atomic E-state index is 16.5. The molecule has 40 heavy (non-hydrogen) atoms. The summed E-state index contributed by atoms with van der Waals surface area (Å²) in [4.78, 5) is 13.6. The fourth-order valence-corrected chi connectivity index (χ4v) is 7.23. The minimum absolute atomic E-state index is 0.0102. The molecule has 4 fully saturated rings. The summed E-state index contributed by atoms with van der Waals surface area (Å²) in [6.45, 7) is 4.08. The van der Waals surface area contributed by atoms with E-state index in [2.05, 4.69) is 14.8 Å². The van der Waals surface area contributed by atoms with Gasteiger partial charge in [-0.1, -0.05) is 17.7 Å². The van der Waals surface area contributed by atoms with Gasteiger partial charge in [-0.15, -0.1) is 0 Å². The zero-order chi connectivity index (χ0) is 27.4. The van der Waals surface area contributed by atoms with Crippen LogP contribution in [0.5, 0.6) is 11.8 Å². The number of nitrogens with zero attached hydrogens (tertiary/aromatic N) is 4. The van der Waals surface area contributed by atoms with E-state index in [1.54, 1.807) is 12.1 Å². The second kappa shape index (κ2) is 10.3. The number of hydrogen-bond acceptors (Lipinski definition) is 7. The molecule has 4 aliphatic rings. The molecule has 2 aromatic carbocycles. The maximum absolute atomic E-state index is 16.5. The third-order valence-electron chi connectivity index (χ3n) is 8.91. The van der Waals surface area contributed by atoms with Gasteiger partial charge in [-0.3, -0.25) is 4.90 Å². The minimum atomic E-state index is -0.871. The summed E-state index contributed by atoms with van der Waals surface area (Å²) in [6, 6.07) is 6.75. The molecule has 3 aliphatic heterocycles. The molecular formula is C30H33ClF2N4O3. The van der Waals surface area contributed by atoms with E-state index in [4.69, 9.17) is 26.1 Å². The molecular weight excluding hydrogens is 538 g/mol. The average molecular weight is 571 g/mol. The zero-order valence-electron chi connectivity index (χ0n) is 22.3. The SMILES string of the molecule is Oc1cc(Cl)c(C2CC2)c(-c2ccc3c(N4CCCOCC4)nc(OC[C@@]45CCCN4C[C@H](F)C5)nc3c2F)c1. The molecule has 0 radical (unpaired) electrons. The van der Waals surface area contributed by atoms with Gasteiger partial charge in [0.05, 0.1) is 12.1 Å². The standard InChI is InChI=1S/C30H33ClF2N4O3/c31-24-14-20(38)13-23(25(24)18-3-4-18)21-5-6-22-27(26(21)33)34-29(35-28(22)36-8-2-11-39-12-10-36)40-17-30-7-1-9-37(30)16-19(32)15-30/h5-6,13-14,18-19,38H,1-4,7-12,15-17H2/t19-,30+/m1/s1. The van der Waals surface area contributed by atoms with Gasteiger partial charge in [-0.05, 0) is 73.9 Å². The molecule has 3 saturated heterocycles. The van der Waals surface area contributed by atoms with Crippen LogP contribution in [0.1, 0.15) is 50.0 Å². The van der Waals surface area contributed by atoms with Crippen LogP contribution < -0.4 is 9.64 Å². The van der Waals surface area contributed by atoms with Crippen LogP contribution in [-0.4, -0.2) is 77.7 Å². The van der Waals surface area contributed by atoms with Crippen molar-refractivity contribution in [3.63, 3.8) is 0 Å². The topological polar surface area (TPSA) is 71.0 Å². The fraction of sp³-hybridized carbons (Fsp3) is 0.533. The summed E-state index contributed by atoms with van der Waals surface area (Å²) >= 11 is 6.54. The van der Waals surface area contributed by atoms with Gasteiger partial charge in [0, 0.05) is 48.6 Å². The van der Waals surface area contributed by atoms with E-state index < -0.39 is 12.0 Å². The fourth-order valence-electron chi connectivity index (χ4n) is 6.86. The minimum Gasteiger partial charge on any atom is -0.508 e. The molecule has 7 nitrogen and oxygen atoms in total. The zero-order valence-corrected chi connectivity index (χ0v) is 23.1. The number of benzene rings is 2. The van der Waals surface area contributed by atoms with Crippen LogP contribution in [0.4, 0.5) is 14.6 Å². The second-order valence-electron chi connectivity index (χ2n) is 11.6. The van der Waals surface area contributed by atoms with Crippen molar-refractivity contribution >= 4 is 28.3 Å². The van der Waals surface area contributed by atoms with E-state index >= 15 is 4.39 Å². The Kier molecular flexibility index (Phi) is 6.71. The molecule has 0 unspecified atom stereocenters. The lowest BCUT2D eigenvalue weighted by atomic mass is 9.94. The van der Waals surface area contributed by atoms with E-state index in [1.807, 2.05) is 6.07 Å². The first-order valence-electron chi connectivity index (χ1n) is 14.3. The molecule has 1 saturated carbocycles. The number of halogens is 3. The van der Waals surface area contributed by atoms with Crippen molar-refractivity contribution in [2.75, 3.05) is 50.9 Å². The van der Waals surface area contributed by atoms with Crippen molar-refractivity contribution < 1.29 is 23.4 Å². The maximum Gasteiger partial charge on any atom is 0.319 e. The predicted octanol–water partition coefficient (Wildman–Crippen LogP) is 5.85. The van der Waals surface area contributed by atoms with E-state index in [9.17, 15) is 9.50 Å². The molecule has 7 rings (SSSR count). The second-order valence-corrected chi connectivity index (χ2v) is 12.0. The van der Waals surface area contributed by atoms with E-state index in [1.165, 1.54) is 6.07 Å². The number of phenolic OH excluding ortho intramolecular Hbond substituents is 1. The number of ether oxygens (including phenoxy) is 2. The van der Waals surface area contributed by atoms with Crippen LogP contribution in [0, 0.1) is 5.82 Å². The number of anilines is 1. The molecule has 1 N–H and O–H groups in total. The van der Waals surface area contributed by atoms with E-state index in [-0.39, 0.29) is 35.3 Å². The average Bonchev–Trinajstić information content (AvgIpc) is 3.67. The summed E-state index contributed by atoms with van der Waals surface area (Å²) in [7, 11) is 0. The molecule has 212 valence electrons. The molecule has 0 amide bonds. The normalized spacial score (nSPS) is 25.4. The van der Waals surface area contributed by atoms with Gasteiger partial charge in [0.2, 0.25) is 0 Å². The lowest BCUT2D eigenvalue weighted by Gasteiger charge is -2.31. The van der Waals surface area contributed by atoms with Crippen LogP contribution in [-0.2, 0) is 4.74 Å². The molecule has 1 aliphatic carbocycles. The van der Waals surface area contributed by atoms with Gasteiger partial charge in [-0.25, -0.2) is 8.78 Å². The Morgan fingerprint density at radius 2 is 1.98 bits per heavy atom. The summed E-state index contributed by atoms with van der Waals surface area (Å²) in [6.07, 6.45) is 4.20. The monoisotopic (exact) mass is 570 g/mol. The van der Waals surface area contributed by atoms with Crippen LogP contribution in [0.3, 0.4) is 0 Å². The number of alkyl halides is 1. The van der Waals surface area contributed by atoms with Crippen molar-refractivity contribution in [3.05, 3.63) is 40.7 Å². The summed E-state index contributed by atoms with van der Waals surface area (Å²) < 4.78 is 42.7. The van der Waals surface area contributed by atoms with Crippen molar-refractivity contribution in [2.24, 2.45) is 0 Å². The largest absolute Gasteiger partial charge is 0.508 e. The molecule has 3 aromatic rings. The third-order valence-corrected chi connectivity index (χ3v) is 9.22. The Balaban J connectivity index is 1.33. The highest BCUT2D eigenvalue weighted by atomic mass is 35.5. The number of rotatable bonds is 6. The number of hydrogen-bond donors (Lipinski definition) is 1. The number of phenols is 1. The van der Waals surface area contributed by atoms with Gasteiger partial charge < -0.3 is 19.5 Å². The molecule has 10 heteroatoms. The van der Waals surface area contributed by atoms with Gasteiger partial charge in [0.1, 0.15) is 29.9 Å². The Labute approximate surface area is 237 Å². The molecule has 0 bridgehead atoms. The highest BCUT2D eigenvalue weighted by Gasteiger charge is 2.49. The highest BCUT2D eigenvalue weighted by molar-refractivity contribution is 6.32. The van der Waals surface area contributed by atoms with Gasteiger partial charge in [0.15, 0.2) is 5.82 Å². The molecule has 2 atom stereocenters. The quantitative estimate of drug-likeness (QED) is 0.398. The van der Waals surface area contributed by atoms with Gasteiger partial charge >= 0.3 is 6.01 Å². The third kappa shape index (κ3) is 4.65. The smallest absolute Gasteiger partial charge is 0.319 e. The van der Waals surface area contributed by atoms with Crippen LogP contribution >= 0.6 is 11.6 Å². The van der Waals surface area contributed by atoms with Crippen LogP contribution in [0.25, 0.3) is 22.0 Å². The van der Waals surface area contributed by atoms with Crippen molar-refractivity contribution in [2.45, 2.75) is 56.2 Å². The summed E-state index contributed by atoms with van der Waals surface area (Å²) in [5.74, 6) is 0.326. The van der Waals surface area contributed by atoms with Gasteiger partial charge in [-0.2, -0.15) is 9.97 Å². The van der Waals surface area contributed by atoms with E-state index in [0.29, 0.717) is 66.6 Å². The van der Waals surface area contributed by atoms with E-state index in [0.717, 1.165) is 44.2 Å². The molecule has 1 aromatic heterocycles. The number of aromatic hydroxyl groups is 1. The molecule has 4 heterocycles. The number of fused-ring (bicyclic) bond motifs is 2. The highest BCUT2D eigenvalue weighted by Crippen LogP contribution is 2.50. The van der Waals surface area contributed by atoms with Crippen molar-refractivity contribution in [3.8, 4) is 22.9 Å². The summed E-state index contributed by atoms with van der Waals surface area (Å²) in [5, 5.41) is 11.4. The van der Waals surface area contributed by atoms with Gasteiger partial charge in [0.25, 0.3) is 0 Å². The first kappa shape index (κ1) is 26.2. The van der Waals surface area contributed by atoms with Crippen LogP contribution in [0.2, 0.25) is 5.02 Å². The van der Waals surface area contributed by atoms with Crippen molar-refractivity contribution in [1.29, 1.82) is 0 Å². The molecule has 0 spiro atoms. The van der Waals surface area contributed by atoms with Crippen molar-refractivity contribution in [1.82, 2.24) is 14.9 Å². The number of aromatic nitrogens is 2. The lowest BCUT2D eigenvalue weighted by molar-refractivity contribution is 0.107. The Morgan fingerprint density at radius 1 is 1.10 bits per heavy atom. The Morgan fingerprint density at radius 3 is 2.83 bits per heavy atom. The first-order valence-corrected chi connectivity index (χ1v) is 14.7. The Bertz CT molecular complexity index is 1450. The lowest BCUT2D eigenvalue weighted by Crippen LogP contribution is -2.43. The Hall–Kier alpha value is -2.75. The predicted molar refractivity (Wildman–Crippen MR) is 150 cm³/mol. The first-order chi connectivity index (χ1) is 19.4. The van der Waals surface area contributed by atoms with Crippen LogP contribution in [0.15, 0.2) is 24.3 Å².